The van der Waals surface area contributed by atoms with Crippen molar-refractivity contribution in [3.05, 3.63) is 86.1 Å². The van der Waals surface area contributed by atoms with Crippen molar-refractivity contribution in [3.63, 3.8) is 0 Å². The quantitative estimate of drug-likeness (QED) is 0.362. The van der Waals surface area contributed by atoms with Crippen molar-refractivity contribution in [1.82, 2.24) is 9.13 Å². The van der Waals surface area contributed by atoms with E-state index in [4.69, 9.17) is 4.74 Å². The molecule has 8 heteroatoms. The number of nitrogens with zero attached hydrogens (tertiary/aromatic N) is 3. The van der Waals surface area contributed by atoms with E-state index in [-0.39, 0.29) is 5.56 Å². The van der Waals surface area contributed by atoms with Gasteiger partial charge in [-0.25, -0.2) is 9.79 Å². The molecule has 0 amide bonds. The number of rotatable bonds is 6. The van der Waals surface area contributed by atoms with Crippen molar-refractivity contribution >= 4 is 22.5 Å². The third-order valence-corrected chi connectivity index (χ3v) is 5.84. The summed E-state index contributed by atoms with van der Waals surface area (Å²) in [6, 6.07) is 15.1. The number of aromatic hydroxyl groups is 1. The molecule has 3 rings (SSSR count). The summed E-state index contributed by atoms with van der Waals surface area (Å²) in [7, 11) is 2.79. The first kappa shape index (κ1) is 22.4. The van der Waals surface area contributed by atoms with Crippen molar-refractivity contribution in [1.29, 1.82) is 0 Å². The number of benzene rings is 2. The molecule has 0 fully saturated rings. The van der Waals surface area contributed by atoms with Gasteiger partial charge in [0.2, 0.25) is 5.88 Å². The zero-order valence-corrected chi connectivity index (χ0v) is 18.8. The van der Waals surface area contributed by atoms with Crippen molar-refractivity contribution in [3.8, 4) is 11.6 Å². The molecule has 1 aromatic heterocycles. The molecular weight excluding hydrogens is 414 g/mol. The van der Waals surface area contributed by atoms with E-state index in [0.29, 0.717) is 23.1 Å². The third kappa shape index (κ3) is 5.08. The van der Waals surface area contributed by atoms with Gasteiger partial charge in [0.15, 0.2) is 0 Å². The summed E-state index contributed by atoms with van der Waals surface area (Å²) in [6.45, 7) is 4.37. The summed E-state index contributed by atoms with van der Waals surface area (Å²) >= 11 is 1.29. The minimum Gasteiger partial charge on any atom is -0.494 e. The van der Waals surface area contributed by atoms with Crippen LogP contribution in [-0.4, -0.2) is 31.6 Å². The fraction of sp³-hybridized carbons (Fsp3) is 0.261. The van der Waals surface area contributed by atoms with Crippen LogP contribution in [0, 0.1) is 13.8 Å². The first-order chi connectivity index (χ1) is 14.8. The molecule has 0 atom stereocenters. The van der Waals surface area contributed by atoms with Gasteiger partial charge in [-0.05, 0) is 49.2 Å². The van der Waals surface area contributed by atoms with Crippen LogP contribution < -0.4 is 16.0 Å². The smallest absolute Gasteiger partial charge is 0.333 e. The molecule has 0 aliphatic carbocycles. The van der Waals surface area contributed by atoms with Crippen LogP contribution >= 0.6 is 11.8 Å². The third-order valence-electron chi connectivity index (χ3n) is 4.90. The van der Waals surface area contributed by atoms with Crippen LogP contribution in [0.4, 0.5) is 5.69 Å². The highest BCUT2D eigenvalue weighted by Gasteiger charge is 2.21. The predicted molar refractivity (Wildman–Crippen MR) is 125 cm³/mol. The molecule has 0 bridgehead atoms. The molecule has 7 nitrogen and oxygen atoms in total. The lowest BCUT2D eigenvalue weighted by Crippen LogP contribution is -2.39. The van der Waals surface area contributed by atoms with Crippen LogP contribution in [0.15, 0.2) is 63.1 Å². The standard InChI is InChI=1S/C23H25N3O4S/c1-15-10-11-17(14-16(15)2)24-20(31-13-12-30-18-8-6-5-7-9-18)19-21(27)25(3)23(29)26(4)22(19)28/h5-11,14,27H,12-13H2,1-4H3. The minimum atomic E-state index is -0.603. The van der Waals surface area contributed by atoms with Crippen molar-refractivity contribution in [2.24, 2.45) is 19.1 Å². The van der Waals surface area contributed by atoms with Crippen LogP contribution in [0.1, 0.15) is 16.7 Å². The van der Waals surface area contributed by atoms with Crippen molar-refractivity contribution in [2.45, 2.75) is 13.8 Å². The Morgan fingerprint density at radius 1 is 1.03 bits per heavy atom. The summed E-state index contributed by atoms with van der Waals surface area (Å²) < 4.78 is 7.73. The van der Waals surface area contributed by atoms with Gasteiger partial charge in [-0.2, -0.15) is 0 Å². The molecule has 31 heavy (non-hydrogen) atoms. The average Bonchev–Trinajstić information content (AvgIpc) is 2.77. The second-order valence-electron chi connectivity index (χ2n) is 7.10. The Bertz CT molecular complexity index is 1230. The van der Waals surface area contributed by atoms with Crippen LogP contribution in [-0.2, 0) is 14.1 Å². The Morgan fingerprint density at radius 2 is 1.74 bits per heavy atom. The molecule has 0 spiro atoms. The molecule has 0 aliphatic rings. The highest BCUT2D eigenvalue weighted by molar-refractivity contribution is 8.14. The molecule has 1 N–H and O–H groups in total. The molecule has 3 aromatic rings. The largest absolute Gasteiger partial charge is 0.494 e. The minimum absolute atomic E-state index is 0.00691. The van der Waals surface area contributed by atoms with Crippen LogP contribution in [0.3, 0.4) is 0 Å². The first-order valence-electron chi connectivity index (χ1n) is 9.75. The maximum atomic E-state index is 12.8. The van der Waals surface area contributed by atoms with Crippen LogP contribution in [0.5, 0.6) is 11.6 Å². The summed E-state index contributed by atoms with van der Waals surface area (Å²) in [6.07, 6.45) is 0. The van der Waals surface area contributed by atoms with Gasteiger partial charge in [0.05, 0.1) is 12.3 Å². The van der Waals surface area contributed by atoms with Crippen molar-refractivity contribution in [2.75, 3.05) is 12.4 Å². The number of aryl methyl sites for hydroxylation is 2. The second-order valence-corrected chi connectivity index (χ2v) is 8.18. The topological polar surface area (TPSA) is 85.8 Å². The Morgan fingerprint density at radius 3 is 2.42 bits per heavy atom. The average molecular weight is 440 g/mol. The second kappa shape index (κ2) is 9.70. The van der Waals surface area contributed by atoms with E-state index in [2.05, 4.69) is 4.99 Å². The van der Waals surface area contributed by atoms with E-state index < -0.39 is 17.1 Å². The lowest BCUT2D eigenvalue weighted by atomic mass is 10.1. The van der Waals surface area contributed by atoms with Crippen molar-refractivity contribution < 1.29 is 9.84 Å². The molecule has 0 saturated carbocycles. The molecular formula is C23H25N3O4S. The molecule has 1 heterocycles. The summed E-state index contributed by atoms with van der Waals surface area (Å²) in [5.41, 5.74) is 1.65. The lowest BCUT2D eigenvalue weighted by Gasteiger charge is -2.13. The number of para-hydroxylation sites is 1. The summed E-state index contributed by atoms with van der Waals surface area (Å²) in [5, 5.41) is 10.9. The Kier molecular flexibility index (Phi) is 7.02. The zero-order chi connectivity index (χ0) is 22.5. The normalized spacial score (nSPS) is 11.5. The number of aromatic nitrogens is 2. The summed E-state index contributed by atoms with van der Waals surface area (Å²) in [5.74, 6) is 0.827. The number of aliphatic imine (C=N–C) groups is 1. The zero-order valence-electron chi connectivity index (χ0n) is 18.0. The Balaban J connectivity index is 1.97. The van der Waals surface area contributed by atoms with Gasteiger partial charge in [0, 0.05) is 19.8 Å². The highest BCUT2D eigenvalue weighted by atomic mass is 32.2. The van der Waals surface area contributed by atoms with E-state index in [1.165, 1.54) is 25.9 Å². The van der Waals surface area contributed by atoms with Gasteiger partial charge in [0.1, 0.15) is 16.4 Å². The fourth-order valence-corrected chi connectivity index (χ4v) is 3.76. The SMILES string of the molecule is Cc1ccc(N=C(SCCOc2ccccc2)c2c(O)n(C)c(=O)n(C)c2=O)cc1C. The molecule has 0 unspecified atom stereocenters. The van der Waals surface area contributed by atoms with Gasteiger partial charge in [0.25, 0.3) is 5.56 Å². The van der Waals surface area contributed by atoms with Crippen LogP contribution in [0.25, 0.3) is 0 Å². The van der Waals surface area contributed by atoms with E-state index in [9.17, 15) is 14.7 Å². The highest BCUT2D eigenvalue weighted by Crippen LogP contribution is 2.24. The van der Waals surface area contributed by atoms with Crippen LogP contribution in [0.2, 0.25) is 0 Å². The van der Waals surface area contributed by atoms with Gasteiger partial charge >= 0.3 is 5.69 Å². The predicted octanol–water partition coefficient (Wildman–Crippen LogP) is 3.30. The molecule has 0 aliphatic heterocycles. The molecule has 2 aromatic carbocycles. The fourth-order valence-electron chi connectivity index (χ4n) is 2.91. The van der Waals surface area contributed by atoms with Gasteiger partial charge in [-0.15, -0.1) is 11.8 Å². The number of hydrogen-bond donors (Lipinski definition) is 1. The number of ether oxygens (including phenoxy) is 1. The molecule has 162 valence electrons. The van der Waals surface area contributed by atoms with E-state index in [1.807, 2.05) is 62.4 Å². The monoisotopic (exact) mass is 439 g/mol. The maximum Gasteiger partial charge on any atom is 0.333 e. The molecule has 0 radical (unpaired) electrons. The van der Waals surface area contributed by atoms with E-state index in [1.54, 1.807) is 0 Å². The summed E-state index contributed by atoms with van der Waals surface area (Å²) in [4.78, 5) is 29.6. The lowest BCUT2D eigenvalue weighted by molar-refractivity contribution is 0.344. The van der Waals surface area contributed by atoms with Gasteiger partial charge in [-0.3, -0.25) is 13.9 Å². The number of hydrogen-bond acceptors (Lipinski definition) is 6. The number of thioether (sulfide) groups is 1. The molecule has 0 saturated heterocycles. The Labute approximate surface area is 184 Å². The van der Waals surface area contributed by atoms with Gasteiger partial charge < -0.3 is 9.84 Å². The first-order valence-corrected chi connectivity index (χ1v) is 10.7. The maximum absolute atomic E-state index is 12.8. The van der Waals surface area contributed by atoms with E-state index in [0.717, 1.165) is 26.0 Å². The Hall–Kier alpha value is -3.26. The van der Waals surface area contributed by atoms with Gasteiger partial charge in [-0.1, -0.05) is 24.3 Å². The van der Waals surface area contributed by atoms with E-state index >= 15 is 0 Å².